The Balaban J connectivity index is 2.81. The Morgan fingerprint density at radius 1 is 1.06 bits per heavy atom. The van der Waals surface area contributed by atoms with E-state index in [-0.39, 0.29) is 0 Å². The molecule has 0 aliphatic carbocycles. The smallest absolute Gasteiger partial charge is 0.203 e. The zero-order chi connectivity index (χ0) is 12.6. The van der Waals surface area contributed by atoms with Gasteiger partial charge in [-0.2, -0.15) is 17.5 Å². The minimum Gasteiger partial charge on any atom is -0.203 e. The van der Waals surface area contributed by atoms with Gasteiger partial charge in [-0.3, -0.25) is 0 Å². The van der Waals surface area contributed by atoms with E-state index in [0.29, 0.717) is 30.0 Å². The zero-order valence-corrected chi connectivity index (χ0v) is 10.1. The molecule has 3 atom stereocenters. The summed E-state index contributed by atoms with van der Waals surface area (Å²) in [6, 6.07) is -0.895. The summed E-state index contributed by atoms with van der Waals surface area (Å²) in [7, 11) is -5.11. The largest absolute Gasteiger partial charge is 0.511 e. The monoisotopic (exact) mass is 259 g/mol. The van der Waals surface area contributed by atoms with Crippen LogP contribution >= 0.6 is 0 Å². The summed E-state index contributed by atoms with van der Waals surface area (Å²) in [6.07, 6.45) is 2.38. The summed E-state index contributed by atoms with van der Waals surface area (Å²) < 4.78 is 60.0. The first-order valence-corrected chi connectivity index (χ1v) is 6.81. The van der Waals surface area contributed by atoms with Gasteiger partial charge >= 0.3 is 15.5 Å². The van der Waals surface area contributed by atoms with Crippen molar-refractivity contribution in [2.75, 3.05) is 0 Å². The highest BCUT2D eigenvalue weighted by atomic mass is 32.2. The summed E-state index contributed by atoms with van der Waals surface area (Å²) in [5, 5.41) is 0. The van der Waals surface area contributed by atoms with Gasteiger partial charge in [-0.1, -0.05) is 26.7 Å². The van der Waals surface area contributed by atoms with Gasteiger partial charge in [-0.25, -0.2) is 8.42 Å². The molecule has 3 nitrogen and oxygen atoms in total. The standard InChI is InChI=1S/C9H16F3NO2S/c1-3-5-7-8(6-4-2)13(7)16(14,15)9(10,11)12/h7-8H,3-6H2,1-2H3/t7-,8+,13?. The van der Waals surface area contributed by atoms with Gasteiger partial charge in [0.25, 0.3) is 0 Å². The second-order valence-electron chi connectivity index (χ2n) is 3.99. The topological polar surface area (TPSA) is 37.1 Å². The molecule has 1 saturated heterocycles. The highest BCUT2D eigenvalue weighted by Gasteiger charge is 2.63. The lowest BCUT2D eigenvalue weighted by Gasteiger charge is -2.09. The average Bonchev–Trinajstić information content (AvgIpc) is 2.78. The van der Waals surface area contributed by atoms with E-state index >= 15 is 0 Å². The molecular formula is C9H16F3NO2S. The number of sulfonamides is 1. The van der Waals surface area contributed by atoms with Crippen molar-refractivity contribution in [3.63, 3.8) is 0 Å². The molecule has 0 bridgehead atoms. The van der Waals surface area contributed by atoms with Crippen LogP contribution in [0.25, 0.3) is 0 Å². The minimum absolute atomic E-state index is 0.448. The molecule has 96 valence electrons. The van der Waals surface area contributed by atoms with Crippen molar-refractivity contribution in [1.29, 1.82) is 0 Å². The molecule has 1 aliphatic rings. The Morgan fingerprint density at radius 2 is 1.44 bits per heavy atom. The van der Waals surface area contributed by atoms with Crippen LogP contribution in [0.1, 0.15) is 39.5 Å². The SMILES string of the molecule is CCC[C@@H]1[C@H](CCC)N1S(=O)(=O)C(F)(F)F. The van der Waals surface area contributed by atoms with Crippen LogP contribution in [0.5, 0.6) is 0 Å². The lowest BCUT2D eigenvalue weighted by molar-refractivity contribution is -0.0469. The van der Waals surface area contributed by atoms with E-state index in [4.69, 9.17) is 0 Å². The quantitative estimate of drug-likeness (QED) is 0.711. The molecule has 0 aromatic carbocycles. The third kappa shape index (κ3) is 2.34. The number of hydrogen-bond donors (Lipinski definition) is 0. The fraction of sp³-hybridized carbons (Fsp3) is 1.00. The lowest BCUT2D eigenvalue weighted by atomic mass is 10.1. The van der Waals surface area contributed by atoms with Gasteiger partial charge in [-0.05, 0) is 12.8 Å². The van der Waals surface area contributed by atoms with E-state index in [1.165, 1.54) is 0 Å². The molecule has 16 heavy (non-hydrogen) atoms. The second-order valence-corrected chi connectivity index (χ2v) is 5.83. The Hall–Kier alpha value is -0.300. The predicted molar refractivity (Wildman–Crippen MR) is 54.2 cm³/mol. The molecule has 7 heteroatoms. The number of nitrogens with zero attached hydrogens (tertiary/aromatic N) is 1. The van der Waals surface area contributed by atoms with Crippen LogP contribution in [0.4, 0.5) is 13.2 Å². The lowest BCUT2D eigenvalue weighted by Crippen LogP contribution is -2.31. The van der Waals surface area contributed by atoms with E-state index in [9.17, 15) is 21.6 Å². The second kappa shape index (κ2) is 4.52. The third-order valence-electron chi connectivity index (χ3n) is 2.75. The molecule has 0 aromatic heterocycles. The number of halogens is 3. The van der Waals surface area contributed by atoms with Crippen LogP contribution in [-0.2, 0) is 10.0 Å². The van der Waals surface area contributed by atoms with Crippen LogP contribution in [0, 0.1) is 0 Å². The molecule has 0 N–H and O–H groups in total. The first-order valence-electron chi connectivity index (χ1n) is 5.37. The first-order chi connectivity index (χ1) is 7.27. The molecule has 1 unspecified atom stereocenters. The van der Waals surface area contributed by atoms with Crippen molar-refractivity contribution in [2.24, 2.45) is 0 Å². The Kier molecular flexibility index (Phi) is 3.89. The summed E-state index contributed by atoms with van der Waals surface area (Å²) >= 11 is 0. The fourth-order valence-electron chi connectivity index (χ4n) is 2.02. The molecule has 1 fully saturated rings. The molecule has 0 radical (unpaired) electrons. The minimum atomic E-state index is -5.17. The molecular weight excluding hydrogens is 243 g/mol. The molecule has 1 rings (SSSR count). The van der Waals surface area contributed by atoms with Crippen LogP contribution in [0.2, 0.25) is 0 Å². The van der Waals surface area contributed by atoms with Gasteiger partial charge in [0.1, 0.15) is 0 Å². The van der Waals surface area contributed by atoms with Crippen molar-refractivity contribution in [3.05, 3.63) is 0 Å². The maximum Gasteiger partial charge on any atom is 0.511 e. The Labute approximate surface area is 93.7 Å². The van der Waals surface area contributed by atoms with Crippen LogP contribution in [-0.4, -0.2) is 30.3 Å². The molecule has 0 amide bonds. The third-order valence-corrected chi connectivity index (χ3v) is 4.43. The molecule has 1 heterocycles. The summed E-state index contributed by atoms with van der Waals surface area (Å²) in [6.45, 7) is 3.67. The van der Waals surface area contributed by atoms with Crippen molar-refractivity contribution < 1.29 is 21.6 Å². The highest BCUT2D eigenvalue weighted by molar-refractivity contribution is 7.90. The van der Waals surface area contributed by atoms with Crippen LogP contribution in [0.15, 0.2) is 0 Å². The van der Waals surface area contributed by atoms with Crippen molar-refractivity contribution in [3.8, 4) is 0 Å². The summed E-state index contributed by atoms with van der Waals surface area (Å²) in [5.41, 5.74) is -5.17. The van der Waals surface area contributed by atoms with Gasteiger partial charge < -0.3 is 0 Å². The predicted octanol–water partition coefficient (Wildman–Crippen LogP) is 2.49. The van der Waals surface area contributed by atoms with Crippen molar-refractivity contribution in [1.82, 2.24) is 4.31 Å². The molecule has 1 aliphatic heterocycles. The van der Waals surface area contributed by atoms with Crippen LogP contribution < -0.4 is 0 Å². The van der Waals surface area contributed by atoms with Gasteiger partial charge in [0.15, 0.2) is 0 Å². The van der Waals surface area contributed by atoms with Gasteiger partial charge in [-0.15, -0.1) is 0 Å². The fourth-order valence-corrected chi connectivity index (χ4v) is 3.41. The van der Waals surface area contributed by atoms with Gasteiger partial charge in [0, 0.05) is 12.1 Å². The number of rotatable bonds is 5. The first kappa shape index (κ1) is 13.8. The normalized spacial score (nSPS) is 30.4. The average molecular weight is 259 g/mol. The number of alkyl halides is 3. The van der Waals surface area contributed by atoms with Crippen LogP contribution in [0.3, 0.4) is 0 Å². The molecule has 0 spiro atoms. The number of hydrogen-bond acceptors (Lipinski definition) is 2. The zero-order valence-electron chi connectivity index (χ0n) is 9.29. The summed E-state index contributed by atoms with van der Waals surface area (Å²) in [4.78, 5) is 0. The van der Waals surface area contributed by atoms with E-state index in [0.717, 1.165) is 0 Å². The van der Waals surface area contributed by atoms with E-state index in [2.05, 4.69) is 0 Å². The Morgan fingerprint density at radius 3 is 1.69 bits per heavy atom. The maximum absolute atomic E-state index is 12.3. The Bertz CT molecular complexity index is 327. The molecule has 0 aromatic rings. The van der Waals surface area contributed by atoms with E-state index < -0.39 is 27.6 Å². The van der Waals surface area contributed by atoms with Gasteiger partial charge in [0.05, 0.1) is 0 Å². The van der Waals surface area contributed by atoms with E-state index in [1.807, 2.05) is 13.8 Å². The molecule has 0 saturated carbocycles. The van der Waals surface area contributed by atoms with Crippen molar-refractivity contribution in [2.45, 2.75) is 57.1 Å². The maximum atomic E-state index is 12.3. The summed E-state index contributed by atoms with van der Waals surface area (Å²) in [5.74, 6) is 0. The van der Waals surface area contributed by atoms with Crippen molar-refractivity contribution >= 4 is 10.0 Å². The van der Waals surface area contributed by atoms with E-state index in [1.54, 1.807) is 0 Å². The highest BCUT2D eigenvalue weighted by Crippen LogP contribution is 2.43. The van der Waals surface area contributed by atoms with Gasteiger partial charge in [0.2, 0.25) is 0 Å².